The van der Waals surface area contributed by atoms with E-state index in [-0.39, 0.29) is 5.69 Å². The molecule has 2 aromatic rings. The minimum absolute atomic E-state index is 0.0890. The van der Waals surface area contributed by atoms with Crippen molar-refractivity contribution in [2.45, 2.75) is 25.3 Å². The van der Waals surface area contributed by atoms with Crippen LogP contribution in [0.1, 0.15) is 24.5 Å². The number of urea groups is 1. The summed E-state index contributed by atoms with van der Waals surface area (Å²) >= 11 is 0. The van der Waals surface area contributed by atoms with Crippen LogP contribution in [0.2, 0.25) is 0 Å². The molecule has 9 nitrogen and oxygen atoms in total. The maximum Gasteiger partial charge on any atom is 0.346 e. The zero-order valence-electron chi connectivity index (χ0n) is 17.0. The fraction of sp³-hybridized carbons (Fsp3) is 0.286. The molecule has 2 aromatic carbocycles. The zero-order chi connectivity index (χ0) is 21.9. The van der Waals surface area contributed by atoms with Gasteiger partial charge in [0.25, 0.3) is 11.6 Å². The third kappa shape index (κ3) is 4.29. The molecule has 1 aliphatic rings. The molecule has 0 saturated carbocycles. The lowest BCUT2D eigenvalue weighted by molar-refractivity contribution is -0.384. The van der Waals surface area contributed by atoms with Crippen molar-refractivity contribution in [1.29, 1.82) is 0 Å². The van der Waals surface area contributed by atoms with Crippen LogP contribution in [0.5, 0.6) is 0 Å². The number of imide groups is 1. The standard InChI is InChI=1S/C21H23N5O4/c1-21(12-11-15-7-5-4-6-8-15)19(27)25(20(28)23-21)22-14-16-9-10-17(24(2)3)18(13-16)26(29)30/h4-10,13-14H,11-12H2,1-3H3,(H,23,28)/b22-14-/t21-/m0/s1. The number of nitrogens with zero attached hydrogens (tertiary/aromatic N) is 4. The molecule has 9 heteroatoms. The predicted molar refractivity (Wildman–Crippen MR) is 114 cm³/mol. The summed E-state index contributed by atoms with van der Waals surface area (Å²) in [5.41, 5.74) is 0.765. The van der Waals surface area contributed by atoms with Crippen LogP contribution < -0.4 is 10.2 Å². The van der Waals surface area contributed by atoms with E-state index in [9.17, 15) is 19.7 Å². The molecule has 0 bridgehead atoms. The number of anilines is 1. The van der Waals surface area contributed by atoms with Gasteiger partial charge in [0.05, 0.1) is 11.1 Å². The van der Waals surface area contributed by atoms with Gasteiger partial charge in [0.1, 0.15) is 11.2 Å². The maximum atomic E-state index is 12.8. The molecule has 156 valence electrons. The summed E-state index contributed by atoms with van der Waals surface area (Å²) in [5.74, 6) is -0.459. The Balaban J connectivity index is 1.76. The van der Waals surface area contributed by atoms with Crippen LogP contribution in [0, 0.1) is 10.1 Å². The number of nitro groups is 1. The molecular weight excluding hydrogens is 386 g/mol. The number of hydrogen-bond acceptors (Lipinski definition) is 6. The second-order valence-corrected chi connectivity index (χ2v) is 7.51. The van der Waals surface area contributed by atoms with E-state index in [2.05, 4.69) is 10.4 Å². The van der Waals surface area contributed by atoms with Gasteiger partial charge < -0.3 is 10.2 Å². The number of nitrogens with one attached hydrogen (secondary N) is 1. The minimum Gasteiger partial charge on any atom is -0.372 e. The van der Waals surface area contributed by atoms with Crippen molar-refractivity contribution in [2.75, 3.05) is 19.0 Å². The summed E-state index contributed by atoms with van der Waals surface area (Å²) < 4.78 is 0. The lowest BCUT2D eigenvalue weighted by atomic mass is 9.93. The molecule has 0 spiro atoms. The number of carbonyl (C=O) groups excluding carboxylic acids is 2. The van der Waals surface area contributed by atoms with Crippen molar-refractivity contribution in [2.24, 2.45) is 5.10 Å². The Hall–Kier alpha value is -3.75. The summed E-state index contributed by atoms with van der Waals surface area (Å²) in [7, 11) is 3.42. The summed E-state index contributed by atoms with van der Waals surface area (Å²) in [5, 5.41) is 18.8. The number of rotatable bonds is 7. The van der Waals surface area contributed by atoms with Crippen molar-refractivity contribution in [1.82, 2.24) is 10.3 Å². The minimum atomic E-state index is -1.06. The van der Waals surface area contributed by atoms with E-state index in [4.69, 9.17) is 0 Å². The normalized spacial score (nSPS) is 18.7. The Bertz CT molecular complexity index is 1010. The number of carbonyl (C=O) groups is 2. The summed E-state index contributed by atoms with van der Waals surface area (Å²) in [6.45, 7) is 1.67. The first-order valence-electron chi connectivity index (χ1n) is 9.41. The third-order valence-corrected chi connectivity index (χ3v) is 5.00. The number of benzene rings is 2. The SMILES string of the molecule is CN(C)c1ccc(/C=N\N2C(=O)N[C@@](C)(CCc3ccccc3)C2=O)cc1[N+](=O)[O-]. The van der Waals surface area contributed by atoms with Crippen molar-refractivity contribution in [3.8, 4) is 0 Å². The lowest BCUT2D eigenvalue weighted by Gasteiger charge is -2.20. The number of aryl methyl sites for hydroxylation is 1. The molecule has 0 aromatic heterocycles. The smallest absolute Gasteiger partial charge is 0.346 e. The van der Waals surface area contributed by atoms with Crippen LogP contribution >= 0.6 is 0 Å². The van der Waals surface area contributed by atoms with Gasteiger partial charge in [-0.1, -0.05) is 36.4 Å². The average Bonchev–Trinajstić information content (AvgIpc) is 2.93. The molecular formula is C21H23N5O4. The summed E-state index contributed by atoms with van der Waals surface area (Å²) in [6, 6.07) is 13.6. The molecule has 1 heterocycles. The van der Waals surface area contributed by atoms with E-state index in [1.165, 1.54) is 12.3 Å². The van der Waals surface area contributed by atoms with Crippen molar-refractivity contribution >= 4 is 29.5 Å². The Labute approximate surface area is 174 Å². The van der Waals surface area contributed by atoms with Gasteiger partial charge in [0, 0.05) is 25.7 Å². The van der Waals surface area contributed by atoms with E-state index >= 15 is 0 Å². The highest BCUT2D eigenvalue weighted by molar-refractivity contribution is 6.07. The molecule has 1 aliphatic heterocycles. The first-order valence-corrected chi connectivity index (χ1v) is 9.41. The first kappa shape index (κ1) is 21.0. The number of hydrogen-bond donors (Lipinski definition) is 1. The van der Waals surface area contributed by atoms with E-state index < -0.39 is 22.4 Å². The van der Waals surface area contributed by atoms with E-state index in [0.29, 0.717) is 24.1 Å². The second kappa shape index (κ2) is 8.32. The fourth-order valence-electron chi connectivity index (χ4n) is 3.25. The predicted octanol–water partition coefficient (Wildman–Crippen LogP) is 2.94. The highest BCUT2D eigenvalue weighted by Crippen LogP contribution is 2.28. The maximum absolute atomic E-state index is 12.8. The van der Waals surface area contributed by atoms with Crippen LogP contribution in [0.4, 0.5) is 16.2 Å². The van der Waals surface area contributed by atoms with Crippen molar-refractivity contribution < 1.29 is 14.5 Å². The van der Waals surface area contributed by atoms with Crippen LogP contribution in [0.3, 0.4) is 0 Å². The average molecular weight is 409 g/mol. The molecule has 30 heavy (non-hydrogen) atoms. The van der Waals surface area contributed by atoms with Gasteiger partial charge >= 0.3 is 6.03 Å². The molecule has 0 radical (unpaired) electrons. The third-order valence-electron chi connectivity index (χ3n) is 5.00. The van der Waals surface area contributed by atoms with Crippen LogP contribution in [-0.2, 0) is 11.2 Å². The Morgan fingerprint density at radius 3 is 2.53 bits per heavy atom. The molecule has 1 atom stereocenters. The Morgan fingerprint density at radius 2 is 1.90 bits per heavy atom. The van der Waals surface area contributed by atoms with E-state index in [1.807, 2.05) is 30.3 Å². The van der Waals surface area contributed by atoms with Gasteiger partial charge in [-0.05, 0) is 31.4 Å². The Morgan fingerprint density at radius 1 is 1.20 bits per heavy atom. The molecule has 1 saturated heterocycles. The fourth-order valence-corrected chi connectivity index (χ4v) is 3.25. The lowest BCUT2D eigenvalue weighted by Crippen LogP contribution is -2.44. The number of hydrazone groups is 1. The summed E-state index contributed by atoms with van der Waals surface area (Å²) in [6.07, 6.45) is 2.32. The second-order valence-electron chi connectivity index (χ2n) is 7.51. The Kier molecular flexibility index (Phi) is 5.81. The number of amides is 3. The van der Waals surface area contributed by atoms with Crippen LogP contribution in [0.25, 0.3) is 0 Å². The quantitative estimate of drug-likeness (QED) is 0.327. The molecule has 1 fully saturated rings. The monoisotopic (exact) mass is 409 g/mol. The highest BCUT2D eigenvalue weighted by atomic mass is 16.6. The molecule has 3 amide bonds. The van der Waals surface area contributed by atoms with Crippen molar-refractivity contribution in [3.05, 3.63) is 69.8 Å². The van der Waals surface area contributed by atoms with Gasteiger partial charge in [0.2, 0.25) is 0 Å². The van der Waals surface area contributed by atoms with Gasteiger partial charge in [-0.2, -0.15) is 5.10 Å². The first-order chi connectivity index (χ1) is 14.2. The molecule has 1 N–H and O–H groups in total. The van der Waals surface area contributed by atoms with Gasteiger partial charge in [-0.3, -0.25) is 14.9 Å². The largest absolute Gasteiger partial charge is 0.372 e. The van der Waals surface area contributed by atoms with Gasteiger partial charge in [-0.25, -0.2) is 4.79 Å². The van der Waals surface area contributed by atoms with Crippen molar-refractivity contribution in [3.63, 3.8) is 0 Å². The number of nitro benzene ring substituents is 1. The van der Waals surface area contributed by atoms with Crippen LogP contribution in [-0.4, -0.2) is 47.7 Å². The van der Waals surface area contributed by atoms with Gasteiger partial charge in [0.15, 0.2) is 0 Å². The van der Waals surface area contributed by atoms with Crippen LogP contribution in [0.15, 0.2) is 53.6 Å². The van der Waals surface area contributed by atoms with E-state index in [1.54, 1.807) is 38.1 Å². The van der Waals surface area contributed by atoms with Gasteiger partial charge in [-0.15, -0.1) is 5.01 Å². The zero-order valence-corrected chi connectivity index (χ0v) is 17.0. The molecule has 0 aliphatic carbocycles. The molecule has 3 rings (SSSR count). The highest BCUT2D eigenvalue weighted by Gasteiger charge is 2.47. The van der Waals surface area contributed by atoms with E-state index in [0.717, 1.165) is 10.6 Å². The summed E-state index contributed by atoms with van der Waals surface area (Å²) in [4.78, 5) is 37.6. The topological polar surface area (TPSA) is 108 Å². The molecule has 0 unspecified atom stereocenters.